The molecule has 0 fully saturated rings. The van der Waals surface area contributed by atoms with E-state index in [-0.39, 0.29) is 18.4 Å². The summed E-state index contributed by atoms with van der Waals surface area (Å²) in [4.78, 5) is 9.84. The number of aryl methyl sites for hydroxylation is 2. The molecule has 180 valence electrons. The number of hydrogen-bond donors (Lipinski definition) is 0. The molecule has 5 rings (SSSR count). The van der Waals surface area contributed by atoms with Crippen molar-refractivity contribution in [1.82, 2.24) is 35.4 Å². The van der Waals surface area contributed by atoms with Crippen LogP contribution in [0, 0.1) is 6.92 Å². The van der Waals surface area contributed by atoms with E-state index >= 15 is 0 Å². The lowest BCUT2D eigenvalue weighted by molar-refractivity contribution is 0.111. The number of nitrogens with zero attached hydrogens (tertiary/aromatic N) is 8. The summed E-state index contributed by atoms with van der Waals surface area (Å²) in [7, 11) is 1.72. The summed E-state index contributed by atoms with van der Waals surface area (Å²) in [6.07, 6.45) is 1.55. The average Bonchev–Trinajstić information content (AvgIpc) is 3.54. The molecular weight excluding hydrogens is 484 g/mol. The summed E-state index contributed by atoms with van der Waals surface area (Å²) in [5.41, 5.74) is 2.79. The van der Waals surface area contributed by atoms with E-state index in [9.17, 15) is 0 Å². The second-order valence-corrected chi connectivity index (χ2v) is 8.03. The summed E-state index contributed by atoms with van der Waals surface area (Å²) in [6.45, 7) is 1.90. The average molecular weight is 503 g/mol. The molecule has 11 nitrogen and oxygen atoms in total. The van der Waals surface area contributed by atoms with Crippen LogP contribution in [0.2, 0.25) is 5.02 Å². The fraction of sp³-hybridized carbons (Fsp3) is 0.125. The molecule has 0 N–H and O–H groups in total. The predicted octanol–water partition coefficient (Wildman–Crippen LogP) is 4.38. The van der Waals surface area contributed by atoms with Gasteiger partial charge in [-0.15, -0.1) is 15.3 Å². The van der Waals surface area contributed by atoms with Gasteiger partial charge in [0.05, 0.1) is 11.2 Å². The minimum absolute atomic E-state index is 0.0538. The van der Waals surface area contributed by atoms with E-state index in [1.165, 1.54) is 4.68 Å². The number of halogens is 1. The van der Waals surface area contributed by atoms with E-state index in [0.29, 0.717) is 33.8 Å². The van der Waals surface area contributed by atoms with Gasteiger partial charge >= 0.3 is 0 Å². The largest absolute Gasteiger partial charge is 0.454 e. The molecule has 3 aromatic heterocycles. The minimum atomic E-state index is -0.0538. The summed E-state index contributed by atoms with van der Waals surface area (Å²) in [6, 6.07) is 18.5. The van der Waals surface area contributed by atoms with Gasteiger partial charge in [-0.1, -0.05) is 53.2 Å². The third-order valence-electron chi connectivity index (χ3n) is 4.96. The van der Waals surface area contributed by atoms with Crippen molar-refractivity contribution < 1.29 is 14.0 Å². The van der Waals surface area contributed by atoms with Crippen molar-refractivity contribution in [3.8, 4) is 23.1 Å². The maximum Gasteiger partial charge on any atom is 0.266 e. The van der Waals surface area contributed by atoms with Crippen LogP contribution in [-0.2, 0) is 18.5 Å². The van der Waals surface area contributed by atoms with Gasteiger partial charge in [0.2, 0.25) is 5.82 Å². The van der Waals surface area contributed by atoms with Crippen LogP contribution >= 0.6 is 11.6 Å². The van der Waals surface area contributed by atoms with Gasteiger partial charge in [0, 0.05) is 12.6 Å². The monoisotopic (exact) mass is 502 g/mol. The molecule has 2 aromatic carbocycles. The molecule has 0 atom stereocenters. The quantitative estimate of drug-likeness (QED) is 0.224. The molecule has 36 heavy (non-hydrogen) atoms. The van der Waals surface area contributed by atoms with Gasteiger partial charge in [0.15, 0.2) is 12.3 Å². The number of hydrogen-bond acceptors (Lipinski definition) is 10. The third-order valence-corrected chi connectivity index (χ3v) is 5.26. The van der Waals surface area contributed by atoms with Gasteiger partial charge in [-0.3, -0.25) is 0 Å². The molecule has 0 aliphatic rings. The standard InChI is InChI=1S/C24H19ClN8O3/c1-15-8-11-20(18(25)12-15)35-17-9-10-19(26-13-17)24-29-27-21(36-24)14-34-30-22(16-6-4-3-5-7-16)23-28-31-32-33(23)2/h3-13H,14H2,1-2H3/b30-22-. The number of pyridine rings is 1. The lowest BCUT2D eigenvalue weighted by Gasteiger charge is -2.07. The van der Waals surface area contributed by atoms with Gasteiger partial charge in [-0.2, -0.15) is 0 Å². The molecular formula is C24H19ClN8O3. The first-order chi connectivity index (χ1) is 17.6. The Morgan fingerprint density at radius 1 is 1.06 bits per heavy atom. The van der Waals surface area contributed by atoms with Crippen molar-refractivity contribution in [2.45, 2.75) is 13.5 Å². The zero-order valence-corrected chi connectivity index (χ0v) is 20.0. The Labute approximate surface area is 210 Å². The summed E-state index contributed by atoms with van der Waals surface area (Å²) in [5, 5.41) is 24.3. The second-order valence-electron chi connectivity index (χ2n) is 7.62. The maximum absolute atomic E-state index is 6.23. The van der Waals surface area contributed by atoms with Gasteiger partial charge < -0.3 is 14.0 Å². The van der Waals surface area contributed by atoms with Gasteiger partial charge in [0.25, 0.3) is 11.8 Å². The molecule has 0 saturated heterocycles. The maximum atomic E-state index is 6.23. The first kappa shape index (κ1) is 23.1. The summed E-state index contributed by atoms with van der Waals surface area (Å²) < 4.78 is 13.0. The zero-order valence-electron chi connectivity index (χ0n) is 19.2. The highest BCUT2D eigenvalue weighted by Gasteiger charge is 2.16. The number of oxime groups is 1. The van der Waals surface area contributed by atoms with Crippen LogP contribution in [-0.4, -0.2) is 41.1 Å². The SMILES string of the molecule is Cc1ccc(Oc2ccc(-c3nnc(CO/N=C(/c4ccccc4)c4nnnn4C)o3)nc2)c(Cl)c1. The smallest absolute Gasteiger partial charge is 0.266 e. The second kappa shape index (κ2) is 10.3. The summed E-state index contributed by atoms with van der Waals surface area (Å²) >= 11 is 6.23. The Hall–Kier alpha value is -4.64. The minimum Gasteiger partial charge on any atom is -0.454 e. The van der Waals surface area contributed by atoms with E-state index in [1.807, 2.05) is 55.5 Å². The first-order valence-corrected chi connectivity index (χ1v) is 11.2. The highest BCUT2D eigenvalue weighted by Crippen LogP contribution is 2.30. The molecule has 3 heterocycles. The number of ether oxygens (including phenoxy) is 1. The number of tetrazole rings is 1. The fourth-order valence-corrected chi connectivity index (χ4v) is 3.47. The van der Waals surface area contributed by atoms with Crippen molar-refractivity contribution in [3.05, 3.63) is 94.7 Å². The molecule has 0 aliphatic carbocycles. The van der Waals surface area contributed by atoms with E-state index in [0.717, 1.165) is 11.1 Å². The third kappa shape index (κ3) is 5.20. The van der Waals surface area contributed by atoms with Gasteiger partial charge in [-0.05, 0) is 47.2 Å². The summed E-state index contributed by atoms with van der Waals surface area (Å²) in [5.74, 6) is 1.98. The lowest BCUT2D eigenvalue weighted by Crippen LogP contribution is -2.12. The van der Waals surface area contributed by atoms with Crippen molar-refractivity contribution in [1.29, 1.82) is 0 Å². The molecule has 0 spiro atoms. The van der Waals surface area contributed by atoms with Crippen LogP contribution in [0.4, 0.5) is 0 Å². The highest BCUT2D eigenvalue weighted by atomic mass is 35.5. The van der Waals surface area contributed by atoms with Gasteiger partial charge in [-0.25, -0.2) is 9.67 Å². The van der Waals surface area contributed by atoms with Gasteiger partial charge in [0.1, 0.15) is 17.2 Å². The lowest BCUT2D eigenvalue weighted by atomic mass is 10.1. The molecule has 12 heteroatoms. The molecule has 0 amide bonds. The normalized spacial score (nSPS) is 11.5. The Bertz CT molecular complexity index is 1500. The van der Waals surface area contributed by atoms with E-state index < -0.39 is 0 Å². The van der Waals surface area contributed by atoms with Crippen LogP contribution in [0.1, 0.15) is 22.8 Å². The first-order valence-electron chi connectivity index (χ1n) is 10.8. The Kier molecular flexibility index (Phi) is 6.63. The fourth-order valence-electron chi connectivity index (χ4n) is 3.20. The number of rotatable bonds is 8. The van der Waals surface area contributed by atoms with Crippen LogP contribution in [0.25, 0.3) is 11.6 Å². The Morgan fingerprint density at radius 2 is 1.92 bits per heavy atom. The topological polar surface area (TPSA) is 126 Å². The molecule has 0 aliphatic heterocycles. The van der Waals surface area contributed by atoms with Crippen LogP contribution in [0.15, 0.2) is 76.4 Å². The van der Waals surface area contributed by atoms with Crippen LogP contribution in [0.5, 0.6) is 11.5 Å². The molecule has 5 aromatic rings. The highest BCUT2D eigenvalue weighted by molar-refractivity contribution is 6.32. The van der Waals surface area contributed by atoms with Crippen LogP contribution < -0.4 is 4.74 Å². The molecule has 0 saturated carbocycles. The zero-order chi connectivity index (χ0) is 24.9. The molecule has 0 radical (unpaired) electrons. The Balaban J connectivity index is 1.26. The van der Waals surface area contributed by atoms with E-state index in [1.54, 1.807) is 25.4 Å². The van der Waals surface area contributed by atoms with Crippen molar-refractivity contribution in [2.24, 2.45) is 12.2 Å². The Morgan fingerprint density at radius 3 is 2.64 bits per heavy atom. The number of aromatic nitrogens is 7. The van der Waals surface area contributed by atoms with Crippen molar-refractivity contribution in [2.75, 3.05) is 0 Å². The van der Waals surface area contributed by atoms with Crippen molar-refractivity contribution in [3.63, 3.8) is 0 Å². The predicted molar refractivity (Wildman–Crippen MR) is 129 cm³/mol. The van der Waals surface area contributed by atoms with Crippen LogP contribution in [0.3, 0.4) is 0 Å². The number of benzene rings is 2. The molecule has 0 unspecified atom stereocenters. The van der Waals surface area contributed by atoms with E-state index in [4.69, 9.17) is 25.6 Å². The van der Waals surface area contributed by atoms with Crippen molar-refractivity contribution >= 4 is 17.3 Å². The van der Waals surface area contributed by atoms with E-state index in [2.05, 4.69) is 35.9 Å². The molecule has 0 bridgehead atoms.